The number of rotatable bonds is 4. The van der Waals surface area contributed by atoms with Crippen LogP contribution in [0.15, 0.2) is 49.6 Å². The van der Waals surface area contributed by atoms with E-state index in [2.05, 4.69) is 10.2 Å². The molecule has 0 aliphatic heterocycles. The minimum absolute atomic E-state index is 0.258. The van der Waals surface area contributed by atoms with E-state index < -0.39 is 4.92 Å². The van der Waals surface area contributed by atoms with Crippen molar-refractivity contribution in [2.75, 3.05) is 0 Å². The molecule has 0 amide bonds. The van der Waals surface area contributed by atoms with Crippen molar-refractivity contribution in [1.82, 2.24) is 0 Å². The van der Waals surface area contributed by atoms with Gasteiger partial charge in [-0.1, -0.05) is 0 Å². The monoisotopic (exact) mass is 233 g/mol. The second-order valence-electron chi connectivity index (χ2n) is 2.94. The van der Waals surface area contributed by atoms with Gasteiger partial charge in [-0.05, 0) is 18.2 Å². The van der Waals surface area contributed by atoms with Crippen molar-refractivity contribution in [3.05, 3.63) is 52.2 Å². The zero-order valence-electron chi connectivity index (χ0n) is 8.52. The fourth-order valence-corrected chi connectivity index (χ4v) is 1.05. The molecule has 0 radical (unpaired) electrons. The summed E-state index contributed by atoms with van der Waals surface area (Å²) in [5.41, 5.74) is 0. The third-order valence-corrected chi connectivity index (χ3v) is 1.77. The summed E-state index contributed by atoms with van der Waals surface area (Å²) in [6, 6.07) is 6.12. The van der Waals surface area contributed by atoms with Gasteiger partial charge >= 0.3 is 5.88 Å². The summed E-state index contributed by atoms with van der Waals surface area (Å²) in [6.07, 6.45) is 4.20. The van der Waals surface area contributed by atoms with Crippen LogP contribution in [0.1, 0.15) is 11.5 Å². The Morgan fingerprint density at radius 3 is 2.53 bits per heavy atom. The highest BCUT2D eigenvalue weighted by Gasteiger charge is 2.09. The topological polar surface area (TPSA) is 94.1 Å². The molecule has 0 unspecified atom stereocenters. The molecule has 0 fully saturated rings. The normalized spacial score (nSPS) is 11.5. The molecule has 0 aliphatic rings. The molecule has 7 heteroatoms. The lowest BCUT2D eigenvalue weighted by Gasteiger charge is -1.82. The third kappa shape index (κ3) is 2.88. The van der Waals surface area contributed by atoms with E-state index in [1.807, 2.05) is 0 Å². The Hall–Kier alpha value is -2.70. The average Bonchev–Trinajstić information content (AvgIpc) is 2.96. The van der Waals surface area contributed by atoms with Crippen LogP contribution in [0, 0.1) is 10.1 Å². The highest BCUT2D eigenvalue weighted by atomic mass is 16.6. The quantitative estimate of drug-likeness (QED) is 0.459. The van der Waals surface area contributed by atoms with Crippen molar-refractivity contribution in [2.24, 2.45) is 10.2 Å². The van der Waals surface area contributed by atoms with Gasteiger partial charge in [0.1, 0.15) is 10.7 Å². The molecule has 0 saturated heterocycles. The second kappa shape index (κ2) is 4.88. The highest BCUT2D eigenvalue weighted by Crippen LogP contribution is 2.13. The number of hydrogen-bond donors (Lipinski definition) is 0. The molecular formula is C10H7N3O4. The van der Waals surface area contributed by atoms with Crippen molar-refractivity contribution in [1.29, 1.82) is 0 Å². The first-order valence-corrected chi connectivity index (χ1v) is 4.60. The van der Waals surface area contributed by atoms with Gasteiger partial charge in [0.25, 0.3) is 0 Å². The van der Waals surface area contributed by atoms with Crippen LogP contribution in [0.3, 0.4) is 0 Å². The SMILES string of the molecule is O=[N+]([O-])c1ccc(/C=N\N=C/c2ccco2)o1. The number of nitrogens with zero attached hydrogens (tertiary/aromatic N) is 3. The van der Waals surface area contributed by atoms with Gasteiger partial charge in [-0.15, -0.1) is 0 Å². The standard InChI is InChI=1S/C10H7N3O4/c14-13(15)10-4-3-9(17-10)7-12-11-6-8-2-1-5-16-8/h1-7H/b11-6-,12-7-. The number of furan rings is 2. The molecule has 2 rings (SSSR count). The average molecular weight is 233 g/mol. The lowest BCUT2D eigenvalue weighted by atomic mass is 10.5. The maximum absolute atomic E-state index is 10.3. The largest absolute Gasteiger partial charge is 0.463 e. The summed E-state index contributed by atoms with van der Waals surface area (Å²) in [4.78, 5) is 9.70. The zero-order valence-corrected chi connectivity index (χ0v) is 8.52. The summed E-state index contributed by atoms with van der Waals surface area (Å²) in [5.74, 6) is 0.488. The summed E-state index contributed by atoms with van der Waals surface area (Å²) >= 11 is 0. The molecular weight excluding hydrogens is 226 g/mol. The summed E-state index contributed by atoms with van der Waals surface area (Å²) in [5, 5.41) is 17.7. The summed E-state index contributed by atoms with van der Waals surface area (Å²) in [6.45, 7) is 0. The van der Waals surface area contributed by atoms with Crippen LogP contribution in [0.5, 0.6) is 0 Å². The van der Waals surface area contributed by atoms with E-state index in [-0.39, 0.29) is 11.6 Å². The number of hydrogen-bond acceptors (Lipinski definition) is 6. The Labute approximate surface area is 95.2 Å². The van der Waals surface area contributed by atoms with Gasteiger partial charge in [0.2, 0.25) is 0 Å². The Morgan fingerprint density at radius 2 is 1.94 bits per heavy atom. The predicted molar refractivity (Wildman–Crippen MR) is 59.3 cm³/mol. The molecule has 0 spiro atoms. The highest BCUT2D eigenvalue weighted by molar-refractivity contribution is 5.79. The number of nitro groups is 1. The molecule has 0 bridgehead atoms. The van der Waals surface area contributed by atoms with Gasteiger partial charge < -0.3 is 8.83 Å². The van der Waals surface area contributed by atoms with Gasteiger partial charge in [0.15, 0.2) is 5.76 Å². The van der Waals surface area contributed by atoms with E-state index in [9.17, 15) is 10.1 Å². The lowest BCUT2D eigenvalue weighted by Crippen LogP contribution is -1.83. The summed E-state index contributed by atoms with van der Waals surface area (Å²) in [7, 11) is 0. The van der Waals surface area contributed by atoms with Crippen LogP contribution < -0.4 is 0 Å². The first kappa shape index (κ1) is 10.8. The Kier molecular flexibility index (Phi) is 3.10. The predicted octanol–water partition coefficient (Wildman–Crippen LogP) is 2.23. The molecule has 2 aromatic rings. The van der Waals surface area contributed by atoms with Crippen molar-refractivity contribution in [3.63, 3.8) is 0 Å². The molecule has 0 aromatic carbocycles. The molecule has 7 nitrogen and oxygen atoms in total. The Bertz CT molecular complexity index is 554. The second-order valence-corrected chi connectivity index (χ2v) is 2.94. The van der Waals surface area contributed by atoms with Crippen molar-refractivity contribution >= 4 is 18.3 Å². The van der Waals surface area contributed by atoms with Gasteiger partial charge in [-0.25, -0.2) is 0 Å². The van der Waals surface area contributed by atoms with E-state index in [0.717, 1.165) is 0 Å². The van der Waals surface area contributed by atoms with Gasteiger partial charge in [-0.3, -0.25) is 10.1 Å². The van der Waals surface area contributed by atoms with E-state index in [0.29, 0.717) is 5.76 Å². The zero-order chi connectivity index (χ0) is 12.1. The van der Waals surface area contributed by atoms with Crippen LogP contribution in [-0.4, -0.2) is 17.4 Å². The van der Waals surface area contributed by atoms with Gasteiger partial charge in [0, 0.05) is 0 Å². The van der Waals surface area contributed by atoms with Crippen LogP contribution in [-0.2, 0) is 0 Å². The molecule has 0 atom stereocenters. The molecule has 0 saturated carbocycles. The van der Waals surface area contributed by atoms with E-state index in [1.54, 1.807) is 12.1 Å². The van der Waals surface area contributed by atoms with Crippen molar-refractivity contribution < 1.29 is 13.8 Å². The minimum Gasteiger partial charge on any atom is -0.463 e. The Balaban J connectivity index is 1.98. The summed E-state index contributed by atoms with van der Waals surface area (Å²) < 4.78 is 9.82. The maximum Gasteiger partial charge on any atom is 0.433 e. The fourth-order valence-electron chi connectivity index (χ4n) is 1.05. The Morgan fingerprint density at radius 1 is 1.18 bits per heavy atom. The smallest absolute Gasteiger partial charge is 0.433 e. The maximum atomic E-state index is 10.3. The van der Waals surface area contributed by atoms with E-state index in [1.165, 1.54) is 30.8 Å². The fraction of sp³-hybridized carbons (Fsp3) is 0. The molecule has 86 valence electrons. The first-order valence-electron chi connectivity index (χ1n) is 4.60. The minimum atomic E-state index is -0.622. The van der Waals surface area contributed by atoms with Crippen molar-refractivity contribution in [2.45, 2.75) is 0 Å². The first-order chi connectivity index (χ1) is 8.25. The van der Waals surface area contributed by atoms with Gasteiger partial charge in [0.05, 0.1) is 24.8 Å². The van der Waals surface area contributed by atoms with Crippen LogP contribution in [0.2, 0.25) is 0 Å². The van der Waals surface area contributed by atoms with Crippen LogP contribution >= 0.6 is 0 Å². The molecule has 0 N–H and O–H groups in total. The van der Waals surface area contributed by atoms with E-state index >= 15 is 0 Å². The van der Waals surface area contributed by atoms with Crippen molar-refractivity contribution in [3.8, 4) is 0 Å². The van der Waals surface area contributed by atoms with Crippen LogP contribution in [0.25, 0.3) is 0 Å². The molecule has 2 aromatic heterocycles. The third-order valence-electron chi connectivity index (χ3n) is 1.77. The molecule has 2 heterocycles. The molecule has 0 aliphatic carbocycles. The van der Waals surface area contributed by atoms with Crippen LogP contribution in [0.4, 0.5) is 5.88 Å². The lowest BCUT2D eigenvalue weighted by molar-refractivity contribution is -0.402. The molecule has 17 heavy (non-hydrogen) atoms. The van der Waals surface area contributed by atoms with Gasteiger partial charge in [-0.2, -0.15) is 10.2 Å². The van der Waals surface area contributed by atoms with E-state index in [4.69, 9.17) is 8.83 Å².